The lowest BCUT2D eigenvalue weighted by Crippen LogP contribution is -2.47. The van der Waals surface area contributed by atoms with Crippen LogP contribution in [-0.4, -0.2) is 31.2 Å². The lowest BCUT2D eigenvalue weighted by atomic mass is 9.54. The van der Waals surface area contributed by atoms with Crippen molar-refractivity contribution in [3.8, 4) is 11.5 Å². The van der Waals surface area contributed by atoms with Gasteiger partial charge in [-0.05, 0) is 120 Å². The summed E-state index contributed by atoms with van der Waals surface area (Å²) in [6.07, 6.45) is 5.99. The average molecular weight is 554 g/mol. The summed E-state index contributed by atoms with van der Waals surface area (Å²) in [7, 11) is 3.31. The number of carboxylic acids is 1. The van der Waals surface area contributed by atoms with E-state index in [1.165, 1.54) is 11.1 Å². The molecule has 3 aromatic carbocycles. The Labute approximate surface area is 242 Å². The van der Waals surface area contributed by atoms with Crippen molar-refractivity contribution in [2.75, 3.05) is 14.2 Å². The minimum atomic E-state index is -0.863. The molecule has 3 aromatic rings. The summed E-state index contributed by atoms with van der Waals surface area (Å²) in [5.74, 6) is 2.27. The zero-order valence-electron chi connectivity index (χ0n) is 24.1. The highest BCUT2D eigenvalue weighted by Gasteiger charge is 2.56. The number of hydrogen-bond acceptors (Lipinski definition) is 4. The van der Waals surface area contributed by atoms with Crippen LogP contribution in [0.25, 0.3) is 0 Å². The number of amides is 1. The van der Waals surface area contributed by atoms with Crippen LogP contribution >= 0.6 is 0 Å². The lowest BCUT2D eigenvalue weighted by Gasteiger charge is -2.50. The Balaban J connectivity index is 1.24. The van der Waals surface area contributed by atoms with Crippen LogP contribution in [-0.2, 0) is 11.2 Å². The van der Waals surface area contributed by atoms with Crippen LogP contribution in [0.2, 0.25) is 0 Å². The first-order valence-electron chi connectivity index (χ1n) is 14.8. The number of carbonyl (C=O) groups excluding carboxylic acids is 1. The molecule has 3 aliphatic rings. The van der Waals surface area contributed by atoms with Crippen molar-refractivity contribution in [1.82, 2.24) is 5.32 Å². The first kappa shape index (κ1) is 27.4. The summed E-state index contributed by atoms with van der Waals surface area (Å²) in [5, 5.41) is 12.9. The van der Waals surface area contributed by atoms with Crippen molar-refractivity contribution in [2.45, 2.75) is 57.4 Å². The van der Waals surface area contributed by atoms with Crippen molar-refractivity contribution in [3.63, 3.8) is 0 Å². The molecule has 1 amide bonds. The van der Waals surface area contributed by atoms with Crippen LogP contribution < -0.4 is 14.8 Å². The van der Waals surface area contributed by atoms with Gasteiger partial charge in [-0.15, -0.1) is 0 Å². The number of rotatable bonds is 7. The highest BCUT2D eigenvalue weighted by molar-refractivity contribution is 5.88. The topological polar surface area (TPSA) is 84.9 Å². The van der Waals surface area contributed by atoms with E-state index in [4.69, 9.17) is 9.47 Å². The number of aryl methyl sites for hydroxylation is 1. The van der Waals surface area contributed by atoms with Crippen LogP contribution in [0, 0.1) is 23.2 Å². The molecule has 3 aliphatic carbocycles. The number of methoxy groups -OCH3 is 2. The van der Waals surface area contributed by atoms with Gasteiger partial charge in [0.25, 0.3) is 0 Å². The fourth-order valence-corrected chi connectivity index (χ4v) is 8.34. The van der Waals surface area contributed by atoms with E-state index in [1.807, 2.05) is 54.6 Å². The van der Waals surface area contributed by atoms with Gasteiger partial charge in [-0.2, -0.15) is 0 Å². The normalized spacial score (nSPS) is 26.4. The Morgan fingerprint density at radius 2 is 1.51 bits per heavy atom. The minimum Gasteiger partial charge on any atom is -0.497 e. The largest absolute Gasteiger partial charge is 0.497 e. The molecule has 0 radical (unpaired) electrons. The van der Waals surface area contributed by atoms with E-state index < -0.39 is 5.97 Å². The summed E-state index contributed by atoms with van der Waals surface area (Å²) < 4.78 is 10.7. The molecular weight excluding hydrogens is 514 g/mol. The Hall–Kier alpha value is -3.80. The summed E-state index contributed by atoms with van der Waals surface area (Å²) >= 11 is 0. The van der Waals surface area contributed by atoms with Crippen LogP contribution in [0.3, 0.4) is 0 Å². The second-order valence-corrected chi connectivity index (χ2v) is 12.3. The van der Waals surface area contributed by atoms with Crippen molar-refractivity contribution < 1.29 is 24.2 Å². The van der Waals surface area contributed by atoms with E-state index in [0.29, 0.717) is 23.3 Å². The molecule has 0 spiro atoms. The molecule has 0 heterocycles. The summed E-state index contributed by atoms with van der Waals surface area (Å²) in [6.45, 7) is 2.35. The highest BCUT2D eigenvalue weighted by Crippen LogP contribution is 2.63. The summed E-state index contributed by atoms with van der Waals surface area (Å²) in [6, 6.07) is 21.3. The summed E-state index contributed by atoms with van der Waals surface area (Å²) in [5.41, 5.74) is 4.89. The fraction of sp³-hybridized carbons (Fsp3) is 0.429. The zero-order chi connectivity index (χ0) is 28.7. The number of carbonyl (C=O) groups is 2. The van der Waals surface area contributed by atoms with Gasteiger partial charge < -0.3 is 19.9 Å². The molecule has 2 saturated carbocycles. The molecular formula is C35H39NO5. The fourth-order valence-electron chi connectivity index (χ4n) is 8.34. The minimum absolute atomic E-state index is 0.0387. The molecule has 2 fully saturated rings. The molecule has 2 N–H and O–H groups in total. The smallest absolute Gasteiger partial charge is 0.335 e. The second kappa shape index (κ2) is 10.9. The molecule has 5 atom stereocenters. The molecule has 1 unspecified atom stereocenters. The first-order valence-corrected chi connectivity index (χ1v) is 14.8. The molecule has 0 aliphatic heterocycles. The average Bonchev–Trinajstić information content (AvgIpc) is 3.37. The number of ether oxygens (including phenoxy) is 2. The van der Waals surface area contributed by atoms with Gasteiger partial charge in [-0.3, -0.25) is 4.79 Å². The van der Waals surface area contributed by atoms with Crippen LogP contribution in [0.4, 0.5) is 0 Å². The van der Waals surface area contributed by atoms with Gasteiger partial charge >= 0.3 is 5.97 Å². The zero-order valence-corrected chi connectivity index (χ0v) is 24.1. The standard InChI is InChI=1S/C35H39NO5/c1-35-19-18-28-27-14-9-24(34(38)39)20-23(27)8-15-29(28)30(35)16-17-31(35)33(37)36-32(21-4-10-25(40-2)11-5-21)22-6-12-26(41-3)13-7-22/h4-7,9-14,20,28-32H,8,15-19H2,1-3H3,(H,36,37)(H,38,39)/t28-,29-,30+,31?,35+/m1/s1. The van der Waals surface area contributed by atoms with Crippen molar-refractivity contribution in [3.05, 3.63) is 94.5 Å². The van der Waals surface area contributed by atoms with Crippen LogP contribution in [0.5, 0.6) is 11.5 Å². The maximum atomic E-state index is 14.2. The number of nitrogens with one attached hydrogen (secondary N) is 1. The predicted octanol–water partition coefficient (Wildman–Crippen LogP) is 6.78. The molecule has 6 heteroatoms. The monoisotopic (exact) mass is 553 g/mol. The van der Waals surface area contributed by atoms with Gasteiger partial charge in [0.2, 0.25) is 5.91 Å². The molecule has 214 valence electrons. The van der Waals surface area contributed by atoms with Crippen molar-refractivity contribution in [1.29, 1.82) is 0 Å². The highest BCUT2D eigenvalue weighted by atomic mass is 16.5. The number of fused-ring (bicyclic) bond motifs is 5. The van der Waals surface area contributed by atoms with Crippen LogP contribution in [0.15, 0.2) is 66.7 Å². The van der Waals surface area contributed by atoms with E-state index in [0.717, 1.165) is 61.2 Å². The SMILES string of the molecule is COc1ccc(C(NC(=O)C2CC[C@H]3[C@@H]4CCc5cc(C(=O)O)ccc5[C@H]4CC[C@]23C)c2ccc(OC)cc2)cc1. The first-order chi connectivity index (χ1) is 19.8. The van der Waals surface area contributed by atoms with E-state index in [2.05, 4.69) is 18.3 Å². The Bertz CT molecular complexity index is 1380. The van der Waals surface area contributed by atoms with Gasteiger partial charge in [0.1, 0.15) is 11.5 Å². The van der Waals surface area contributed by atoms with Crippen molar-refractivity contribution in [2.24, 2.45) is 23.2 Å². The summed E-state index contributed by atoms with van der Waals surface area (Å²) in [4.78, 5) is 25.7. The second-order valence-electron chi connectivity index (χ2n) is 12.3. The quantitative estimate of drug-likeness (QED) is 0.337. The number of carboxylic acid groups (broad SMARTS) is 1. The number of aromatic carboxylic acids is 1. The molecule has 41 heavy (non-hydrogen) atoms. The van der Waals surface area contributed by atoms with Gasteiger partial charge in [-0.25, -0.2) is 4.79 Å². The third-order valence-electron chi connectivity index (χ3n) is 10.5. The third kappa shape index (κ3) is 4.87. The molecule has 6 nitrogen and oxygen atoms in total. The third-order valence-corrected chi connectivity index (χ3v) is 10.5. The Morgan fingerprint density at radius 3 is 2.10 bits per heavy atom. The van der Waals surface area contributed by atoms with E-state index in [-0.39, 0.29) is 23.3 Å². The molecule has 6 rings (SSSR count). The maximum absolute atomic E-state index is 14.2. The molecule has 0 aromatic heterocycles. The molecule has 0 saturated heterocycles. The Kier molecular flexibility index (Phi) is 7.27. The van der Waals surface area contributed by atoms with Crippen LogP contribution in [0.1, 0.15) is 83.6 Å². The van der Waals surface area contributed by atoms with E-state index >= 15 is 0 Å². The van der Waals surface area contributed by atoms with E-state index in [9.17, 15) is 14.7 Å². The maximum Gasteiger partial charge on any atom is 0.335 e. The van der Waals surface area contributed by atoms with E-state index in [1.54, 1.807) is 20.3 Å². The van der Waals surface area contributed by atoms with Crippen molar-refractivity contribution >= 4 is 11.9 Å². The predicted molar refractivity (Wildman–Crippen MR) is 157 cm³/mol. The lowest BCUT2D eigenvalue weighted by molar-refractivity contribution is -0.130. The Morgan fingerprint density at radius 1 is 0.878 bits per heavy atom. The number of hydrogen-bond donors (Lipinski definition) is 2. The number of benzene rings is 3. The van der Waals surface area contributed by atoms with Gasteiger partial charge in [-0.1, -0.05) is 37.3 Å². The van der Waals surface area contributed by atoms with Gasteiger partial charge in [0, 0.05) is 5.92 Å². The van der Waals surface area contributed by atoms with Gasteiger partial charge in [0.05, 0.1) is 25.8 Å². The molecule has 0 bridgehead atoms. The van der Waals surface area contributed by atoms with Gasteiger partial charge in [0.15, 0.2) is 0 Å².